The van der Waals surface area contributed by atoms with Gasteiger partial charge < -0.3 is 15.0 Å². The Kier molecular flexibility index (Phi) is 6.89. The molecule has 1 aromatic rings. The van der Waals surface area contributed by atoms with Gasteiger partial charge in [0.1, 0.15) is 0 Å². The number of nitrogens with zero attached hydrogens (tertiary/aromatic N) is 1. The maximum absolute atomic E-state index is 11.9. The number of rotatable bonds is 8. The molecule has 0 spiro atoms. The van der Waals surface area contributed by atoms with Crippen molar-refractivity contribution < 1.29 is 9.90 Å². The fourth-order valence-electron chi connectivity index (χ4n) is 1.80. The van der Waals surface area contributed by atoms with E-state index in [-0.39, 0.29) is 24.6 Å². The maximum Gasteiger partial charge on any atom is 0.252 e. The lowest BCUT2D eigenvalue weighted by Gasteiger charge is -2.07. The minimum Gasteiger partial charge on any atom is -0.395 e. The van der Waals surface area contributed by atoms with Crippen LogP contribution in [0.5, 0.6) is 0 Å². The van der Waals surface area contributed by atoms with Gasteiger partial charge in [0.15, 0.2) is 0 Å². The van der Waals surface area contributed by atoms with E-state index >= 15 is 0 Å². The molecular formula is C14H22N2O3. The molecule has 0 aromatic carbocycles. The number of hydrogen-bond donors (Lipinski definition) is 2. The molecule has 1 heterocycles. The van der Waals surface area contributed by atoms with E-state index in [1.807, 2.05) is 0 Å². The summed E-state index contributed by atoms with van der Waals surface area (Å²) in [5, 5.41) is 11.7. The largest absolute Gasteiger partial charge is 0.395 e. The standard InChI is InChI=1S/C14H22N2O3/c1-2-3-4-5-8-15-14(19)12-6-7-13(18)16(11-12)9-10-17/h6-7,11,17H,2-5,8-10H2,1H3,(H,15,19). The Labute approximate surface area is 113 Å². The number of aliphatic hydroxyl groups excluding tert-OH is 1. The van der Waals surface area contributed by atoms with Crippen molar-refractivity contribution in [2.75, 3.05) is 13.2 Å². The minimum absolute atomic E-state index is 0.123. The van der Waals surface area contributed by atoms with Crippen LogP contribution in [-0.2, 0) is 6.54 Å². The Balaban J connectivity index is 2.52. The molecule has 5 nitrogen and oxygen atoms in total. The van der Waals surface area contributed by atoms with E-state index in [2.05, 4.69) is 12.2 Å². The van der Waals surface area contributed by atoms with Crippen LogP contribution >= 0.6 is 0 Å². The molecule has 1 rings (SSSR count). The highest BCUT2D eigenvalue weighted by atomic mass is 16.3. The zero-order valence-electron chi connectivity index (χ0n) is 11.4. The third kappa shape index (κ3) is 5.26. The van der Waals surface area contributed by atoms with E-state index in [0.717, 1.165) is 12.8 Å². The predicted molar refractivity (Wildman–Crippen MR) is 74.3 cm³/mol. The van der Waals surface area contributed by atoms with Crippen LogP contribution in [-0.4, -0.2) is 28.7 Å². The third-order valence-electron chi connectivity index (χ3n) is 2.90. The number of aliphatic hydroxyl groups is 1. The molecule has 0 bridgehead atoms. The van der Waals surface area contributed by atoms with Crippen LogP contribution in [0, 0.1) is 0 Å². The van der Waals surface area contributed by atoms with Crippen LogP contribution in [0.15, 0.2) is 23.1 Å². The molecule has 2 N–H and O–H groups in total. The van der Waals surface area contributed by atoms with Crippen LogP contribution in [0.4, 0.5) is 0 Å². The number of pyridine rings is 1. The Morgan fingerprint density at radius 1 is 1.32 bits per heavy atom. The normalized spacial score (nSPS) is 10.4. The van der Waals surface area contributed by atoms with Gasteiger partial charge in [0.05, 0.1) is 12.2 Å². The first-order chi connectivity index (χ1) is 9.19. The van der Waals surface area contributed by atoms with Crippen LogP contribution in [0.25, 0.3) is 0 Å². The van der Waals surface area contributed by atoms with Gasteiger partial charge in [-0.3, -0.25) is 9.59 Å². The van der Waals surface area contributed by atoms with E-state index in [0.29, 0.717) is 12.1 Å². The van der Waals surface area contributed by atoms with Gasteiger partial charge in [0.2, 0.25) is 0 Å². The summed E-state index contributed by atoms with van der Waals surface area (Å²) in [4.78, 5) is 23.3. The summed E-state index contributed by atoms with van der Waals surface area (Å²) in [7, 11) is 0. The first-order valence-electron chi connectivity index (χ1n) is 6.78. The van der Waals surface area contributed by atoms with Crippen molar-refractivity contribution in [3.63, 3.8) is 0 Å². The smallest absolute Gasteiger partial charge is 0.252 e. The molecule has 0 aliphatic carbocycles. The lowest BCUT2D eigenvalue weighted by atomic mass is 10.2. The summed E-state index contributed by atoms with van der Waals surface area (Å²) in [5.74, 6) is -0.178. The minimum atomic E-state index is -0.214. The fraction of sp³-hybridized carbons (Fsp3) is 0.571. The van der Waals surface area contributed by atoms with Gasteiger partial charge in [0.25, 0.3) is 11.5 Å². The average molecular weight is 266 g/mol. The average Bonchev–Trinajstić information content (AvgIpc) is 2.41. The molecular weight excluding hydrogens is 244 g/mol. The highest BCUT2D eigenvalue weighted by molar-refractivity contribution is 5.93. The van der Waals surface area contributed by atoms with Crippen molar-refractivity contribution in [2.24, 2.45) is 0 Å². The summed E-state index contributed by atoms with van der Waals surface area (Å²) in [5.41, 5.74) is 0.233. The molecule has 0 fully saturated rings. The molecule has 5 heteroatoms. The SMILES string of the molecule is CCCCCCNC(=O)c1ccc(=O)n(CCO)c1. The van der Waals surface area contributed by atoms with Crippen molar-refractivity contribution in [1.29, 1.82) is 0 Å². The number of amides is 1. The van der Waals surface area contributed by atoms with Crippen molar-refractivity contribution >= 4 is 5.91 Å². The van der Waals surface area contributed by atoms with E-state index in [9.17, 15) is 9.59 Å². The molecule has 19 heavy (non-hydrogen) atoms. The number of nitrogens with one attached hydrogen (secondary N) is 1. The molecule has 0 saturated heterocycles. The molecule has 0 radical (unpaired) electrons. The predicted octanol–water partition coefficient (Wildman–Crippen LogP) is 1.15. The molecule has 0 saturated carbocycles. The fourth-order valence-corrected chi connectivity index (χ4v) is 1.80. The quantitative estimate of drug-likeness (QED) is 0.693. The number of carbonyl (C=O) groups is 1. The second kappa shape index (κ2) is 8.48. The Morgan fingerprint density at radius 2 is 2.11 bits per heavy atom. The molecule has 0 aliphatic heterocycles. The van der Waals surface area contributed by atoms with Gasteiger partial charge in [-0.1, -0.05) is 26.2 Å². The van der Waals surface area contributed by atoms with Crippen molar-refractivity contribution in [2.45, 2.75) is 39.2 Å². The second-order valence-corrected chi connectivity index (χ2v) is 4.49. The van der Waals surface area contributed by atoms with E-state index in [1.165, 1.54) is 35.7 Å². The van der Waals surface area contributed by atoms with Crippen LogP contribution in [0.1, 0.15) is 43.0 Å². The summed E-state index contributed by atoms with van der Waals surface area (Å²) >= 11 is 0. The van der Waals surface area contributed by atoms with Gasteiger partial charge in [-0.2, -0.15) is 0 Å². The van der Waals surface area contributed by atoms with Gasteiger partial charge in [0, 0.05) is 25.4 Å². The van der Waals surface area contributed by atoms with Crippen LogP contribution < -0.4 is 10.9 Å². The van der Waals surface area contributed by atoms with Crippen LogP contribution in [0.3, 0.4) is 0 Å². The molecule has 0 atom stereocenters. The molecule has 1 amide bonds. The van der Waals surface area contributed by atoms with Crippen LogP contribution in [0.2, 0.25) is 0 Å². The van der Waals surface area contributed by atoms with Gasteiger partial charge in [-0.25, -0.2) is 0 Å². The summed E-state index contributed by atoms with van der Waals surface area (Å²) in [6, 6.07) is 2.86. The van der Waals surface area contributed by atoms with E-state index in [1.54, 1.807) is 0 Å². The second-order valence-electron chi connectivity index (χ2n) is 4.49. The zero-order chi connectivity index (χ0) is 14.1. The van der Waals surface area contributed by atoms with Gasteiger partial charge in [-0.05, 0) is 12.5 Å². The molecule has 106 valence electrons. The Morgan fingerprint density at radius 3 is 2.79 bits per heavy atom. The number of carbonyl (C=O) groups excluding carboxylic acids is 1. The molecule has 1 aromatic heterocycles. The molecule has 0 aliphatic rings. The van der Waals surface area contributed by atoms with Crippen molar-refractivity contribution in [3.05, 3.63) is 34.2 Å². The lowest BCUT2D eigenvalue weighted by Crippen LogP contribution is -2.27. The number of hydrogen-bond acceptors (Lipinski definition) is 3. The Bertz CT molecular complexity index is 454. The van der Waals surface area contributed by atoms with Crippen molar-refractivity contribution in [1.82, 2.24) is 9.88 Å². The summed E-state index contributed by atoms with van der Waals surface area (Å²) in [6.07, 6.45) is 5.91. The summed E-state index contributed by atoms with van der Waals surface area (Å²) < 4.78 is 1.34. The zero-order valence-corrected chi connectivity index (χ0v) is 11.4. The molecule has 0 unspecified atom stereocenters. The maximum atomic E-state index is 11.9. The first kappa shape index (κ1) is 15.4. The van der Waals surface area contributed by atoms with E-state index in [4.69, 9.17) is 5.11 Å². The Hall–Kier alpha value is -1.62. The van der Waals surface area contributed by atoms with Gasteiger partial charge in [-0.15, -0.1) is 0 Å². The summed E-state index contributed by atoms with van der Waals surface area (Å²) in [6.45, 7) is 2.87. The first-order valence-corrected chi connectivity index (χ1v) is 6.78. The highest BCUT2D eigenvalue weighted by Gasteiger charge is 2.06. The van der Waals surface area contributed by atoms with Crippen molar-refractivity contribution in [3.8, 4) is 0 Å². The van der Waals surface area contributed by atoms with Gasteiger partial charge >= 0.3 is 0 Å². The van der Waals surface area contributed by atoms with E-state index < -0.39 is 0 Å². The third-order valence-corrected chi connectivity index (χ3v) is 2.90. The number of aromatic nitrogens is 1. The number of unbranched alkanes of at least 4 members (excludes halogenated alkanes) is 3. The highest BCUT2D eigenvalue weighted by Crippen LogP contribution is 1.99. The lowest BCUT2D eigenvalue weighted by molar-refractivity contribution is 0.0952. The monoisotopic (exact) mass is 266 g/mol. The topological polar surface area (TPSA) is 71.3 Å².